The lowest BCUT2D eigenvalue weighted by atomic mass is 9.98. The summed E-state index contributed by atoms with van der Waals surface area (Å²) in [5.41, 5.74) is 13.9. The Morgan fingerprint density at radius 3 is 2.95 bits per heavy atom. The van der Waals surface area contributed by atoms with Crippen molar-refractivity contribution < 1.29 is 9.59 Å². The van der Waals surface area contributed by atoms with Crippen LogP contribution in [0.3, 0.4) is 0 Å². The van der Waals surface area contributed by atoms with E-state index in [-0.39, 0.29) is 24.4 Å². The number of fused-ring (bicyclic) bond motifs is 1. The molecule has 6 heteroatoms. The van der Waals surface area contributed by atoms with E-state index in [2.05, 4.69) is 5.32 Å². The molecule has 1 heterocycles. The number of nitrogens with one attached hydrogen (secondary N) is 1. The summed E-state index contributed by atoms with van der Waals surface area (Å²) in [5.74, 6) is -0.347. The number of primary amides is 1. The molecule has 0 bridgehead atoms. The highest BCUT2D eigenvalue weighted by atomic mass is 16.2. The molecular formula is C13H18N4O2. The summed E-state index contributed by atoms with van der Waals surface area (Å²) in [6, 6.07) is 5.35. The lowest BCUT2D eigenvalue weighted by Gasteiger charge is -2.27. The summed E-state index contributed by atoms with van der Waals surface area (Å²) in [6.45, 7) is 0.553. The maximum atomic E-state index is 11.5. The zero-order valence-corrected chi connectivity index (χ0v) is 10.8. The van der Waals surface area contributed by atoms with E-state index >= 15 is 0 Å². The van der Waals surface area contributed by atoms with Crippen molar-refractivity contribution >= 4 is 17.6 Å². The van der Waals surface area contributed by atoms with Crippen LogP contribution < -0.4 is 16.8 Å². The maximum Gasteiger partial charge on any atom is 0.321 e. The molecule has 1 aromatic carbocycles. The van der Waals surface area contributed by atoms with Crippen molar-refractivity contribution in [1.82, 2.24) is 4.90 Å². The number of hydrogen-bond acceptors (Lipinski definition) is 3. The third-order valence-corrected chi connectivity index (χ3v) is 3.26. The van der Waals surface area contributed by atoms with Crippen LogP contribution in [0.2, 0.25) is 0 Å². The molecule has 1 unspecified atom stereocenters. The van der Waals surface area contributed by atoms with Crippen LogP contribution in [0, 0.1) is 0 Å². The lowest BCUT2D eigenvalue weighted by Crippen LogP contribution is -2.35. The monoisotopic (exact) mass is 262 g/mol. The van der Waals surface area contributed by atoms with Crippen LogP contribution in [-0.2, 0) is 11.3 Å². The average molecular weight is 262 g/mol. The Balaban J connectivity index is 2.14. The number of anilines is 1. The van der Waals surface area contributed by atoms with Gasteiger partial charge >= 0.3 is 6.03 Å². The van der Waals surface area contributed by atoms with Gasteiger partial charge in [-0.05, 0) is 23.6 Å². The smallest absolute Gasteiger partial charge is 0.321 e. The molecular weight excluding hydrogens is 244 g/mol. The maximum absolute atomic E-state index is 11.5. The zero-order valence-electron chi connectivity index (χ0n) is 10.8. The van der Waals surface area contributed by atoms with E-state index in [4.69, 9.17) is 11.5 Å². The molecule has 2 rings (SSSR count). The van der Waals surface area contributed by atoms with Gasteiger partial charge < -0.3 is 21.7 Å². The van der Waals surface area contributed by atoms with Gasteiger partial charge in [0.15, 0.2) is 0 Å². The van der Waals surface area contributed by atoms with Crippen molar-refractivity contribution in [2.45, 2.75) is 25.4 Å². The van der Waals surface area contributed by atoms with Gasteiger partial charge in [0.05, 0.1) is 0 Å². The number of urea groups is 1. The van der Waals surface area contributed by atoms with Crippen molar-refractivity contribution in [3.8, 4) is 0 Å². The Bertz CT molecular complexity index is 515. The zero-order chi connectivity index (χ0) is 14.0. The molecule has 0 aromatic heterocycles. The van der Waals surface area contributed by atoms with Gasteiger partial charge in [0, 0.05) is 31.7 Å². The number of nitrogens with two attached hydrogens (primary N) is 2. The first-order chi connectivity index (χ1) is 8.97. The fraction of sp³-hybridized carbons (Fsp3) is 0.385. The molecule has 0 spiro atoms. The van der Waals surface area contributed by atoms with E-state index in [1.807, 2.05) is 18.2 Å². The third-order valence-electron chi connectivity index (χ3n) is 3.26. The van der Waals surface area contributed by atoms with Gasteiger partial charge in [-0.3, -0.25) is 4.79 Å². The Morgan fingerprint density at radius 2 is 2.26 bits per heavy atom. The topological polar surface area (TPSA) is 101 Å². The largest absolute Gasteiger partial charge is 0.370 e. The first-order valence-corrected chi connectivity index (χ1v) is 6.16. The van der Waals surface area contributed by atoms with Crippen molar-refractivity contribution in [2.75, 3.05) is 12.4 Å². The summed E-state index contributed by atoms with van der Waals surface area (Å²) in [5, 5.41) is 2.80. The van der Waals surface area contributed by atoms with Gasteiger partial charge in [-0.25, -0.2) is 4.79 Å². The summed E-state index contributed by atoms with van der Waals surface area (Å²) >= 11 is 0. The molecule has 1 aromatic rings. The predicted molar refractivity (Wildman–Crippen MR) is 72.3 cm³/mol. The second kappa shape index (κ2) is 5.27. The second-order valence-corrected chi connectivity index (χ2v) is 4.81. The summed E-state index contributed by atoms with van der Waals surface area (Å²) in [7, 11) is 1.73. The number of carbonyl (C=O) groups is 2. The van der Waals surface area contributed by atoms with Crippen LogP contribution in [0.25, 0.3) is 0 Å². The highest BCUT2D eigenvalue weighted by Gasteiger charge is 2.20. The first kappa shape index (κ1) is 13.4. The van der Waals surface area contributed by atoms with Crippen LogP contribution in [0.4, 0.5) is 10.5 Å². The van der Waals surface area contributed by atoms with E-state index in [0.29, 0.717) is 13.0 Å². The van der Waals surface area contributed by atoms with E-state index in [0.717, 1.165) is 16.8 Å². The van der Waals surface area contributed by atoms with Gasteiger partial charge in [0.1, 0.15) is 0 Å². The number of amides is 3. The highest BCUT2D eigenvalue weighted by molar-refractivity contribution is 5.92. The van der Waals surface area contributed by atoms with Crippen LogP contribution in [0.1, 0.15) is 30.0 Å². The summed E-state index contributed by atoms with van der Waals surface area (Å²) < 4.78 is 0. The number of hydrogen-bond donors (Lipinski definition) is 3. The SMILES string of the molecule is CN1Cc2cc(C(N)CCC(N)=O)ccc2NC1=O. The molecule has 19 heavy (non-hydrogen) atoms. The normalized spacial score (nSPS) is 15.7. The number of nitrogens with zero attached hydrogens (tertiary/aromatic N) is 1. The first-order valence-electron chi connectivity index (χ1n) is 6.16. The van der Waals surface area contributed by atoms with Gasteiger partial charge in [-0.1, -0.05) is 12.1 Å². The van der Waals surface area contributed by atoms with Gasteiger partial charge in [0.2, 0.25) is 5.91 Å². The molecule has 102 valence electrons. The quantitative estimate of drug-likeness (QED) is 0.752. The average Bonchev–Trinajstić information content (AvgIpc) is 2.36. The lowest BCUT2D eigenvalue weighted by molar-refractivity contribution is -0.118. The molecule has 0 saturated carbocycles. The highest BCUT2D eigenvalue weighted by Crippen LogP contribution is 2.26. The Morgan fingerprint density at radius 1 is 1.53 bits per heavy atom. The summed E-state index contributed by atoms with van der Waals surface area (Å²) in [4.78, 5) is 23.8. The Kier molecular flexibility index (Phi) is 3.71. The fourth-order valence-electron chi connectivity index (χ4n) is 2.10. The van der Waals surface area contributed by atoms with Crippen LogP contribution in [-0.4, -0.2) is 23.9 Å². The molecule has 0 aliphatic carbocycles. The molecule has 0 saturated heterocycles. The molecule has 0 radical (unpaired) electrons. The van der Waals surface area contributed by atoms with Gasteiger partial charge in [-0.2, -0.15) is 0 Å². The van der Waals surface area contributed by atoms with Gasteiger partial charge in [0.25, 0.3) is 0 Å². The van der Waals surface area contributed by atoms with E-state index in [1.54, 1.807) is 11.9 Å². The minimum atomic E-state index is -0.347. The molecule has 0 fully saturated rings. The van der Waals surface area contributed by atoms with Crippen LogP contribution in [0.5, 0.6) is 0 Å². The van der Waals surface area contributed by atoms with Crippen LogP contribution in [0.15, 0.2) is 18.2 Å². The summed E-state index contributed by atoms with van der Waals surface area (Å²) in [6.07, 6.45) is 0.797. The van der Waals surface area contributed by atoms with E-state index in [1.165, 1.54) is 0 Å². The van der Waals surface area contributed by atoms with Crippen molar-refractivity contribution in [2.24, 2.45) is 11.5 Å². The predicted octanol–water partition coefficient (Wildman–Crippen LogP) is 0.929. The molecule has 6 nitrogen and oxygen atoms in total. The number of carbonyl (C=O) groups excluding carboxylic acids is 2. The molecule has 1 aliphatic heterocycles. The molecule has 1 atom stereocenters. The third kappa shape index (κ3) is 3.03. The molecule has 3 amide bonds. The minimum absolute atomic E-state index is 0.113. The Labute approximate surface area is 111 Å². The number of benzene rings is 1. The molecule has 1 aliphatic rings. The Hall–Kier alpha value is -2.08. The van der Waals surface area contributed by atoms with Gasteiger partial charge in [-0.15, -0.1) is 0 Å². The van der Waals surface area contributed by atoms with E-state index < -0.39 is 0 Å². The minimum Gasteiger partial charge on any atom is -0.370 e. The van der Waals surface area contributed by atoms with Crippen molar-refractivity contribution in [3.05, 3.63) is 29.3 Å². The van der Waals surface area contributed by atoms with Crippen molar-refractivity contribution in [1.29, 1.82) is 0 Å². The fourth-order valence-corrected chi connectivity index (χ4v) is 2.10. The standard InChI is InChI=1S/C13H18N4O2/c1-17-7-9-6-8(10(14)3-5-12(15)18)2-4-11(9)16-13(17)19/h2,4,6,10H,3,5,7,14H2,1H3,(H2,15,18)(H,16,19). The van der Waals surface area contributed by atoms with E-state index in [9.17, 15) is 9.59 Å². The van der Waals surface area contributed by atoms with Crippen LogP contribution >= 0.6 is 0 Å². The molecule has 5 N–H and O–H groups in total. The number of rotatable bonds is 4. The van der Waals surface area contributed by atoms with Crippen molar-refractivity contribution in [3.63, 3.8) is 0 Å². The second-order valence-electron chi connectivity index (χ2n) is 4.81.